The van der Waals surface area contributed by atoms with E-state index in [0.717, 1.165) is 23.8 Å². The molecule has 2 aromatic rings. The number of phosphoric acid groups is 1. The van der Waals surface area contributed by atoms with Gasteiger partial charge in [-0.1, -0.05) is 23.7 Å². The van der Waals surface area contributed by atoms with Crippen molar-refractivity contribution in [1.82, 2.24) is 9.55 Å². The summed E-state index contributed by atoms with van der Waals surface area (Å²) in [7, 11) is -4.08. The fourth-order valence-electron chi connectivity index (χ4n) is 3.98. The van der Waals surface area contributed by atoms with E-state index in [-0.39, 0.29) is 6.61 Å². The molecule has 1 aromatic heterocycles. The summed E-state index contributed by atoms with van der Waals surface area (Å²) in [6.45, 7) is -0.162. The van der Waals surface area contributed by atoms with Crippen LogP contribution >= 0.6 is 19.4 Å². The van der Waals surface area contributed by atoms with E-state index in [9.17, 15) is 19.3 Å². The molecule has 0 saturated carbocycles. The number of alkyl halides is 1. The normalized spacial score (nSPS) is 33.8. The van der Waals surface area contributed by atoms with Crippen molar-refractivity contribution in [2.24, 2.45) is 0 Å². The minimum Gasteiger partial charge on any atom is -0.371 e. The van der Waals surface area contributed by atoms with Gasteiger partial charge in [0.1, 0.15) is 19.0 Å². The van der Waals surface area contributed by atoms with Gasteiger partial charge in [0, 0.05) is 23.7 Å². The van der Waals surface area contributed by atoms with Crippen LogP contribution < -0.4 is 11.2 Å². The molecule has 6 atom stereocenters. The van der Waals surface area contributed by atoms with Crippen molar-refractivity contribution < 1.29 is 37.1 Å². The minimum atomic E-state index is -4.08. The quantitative estimate of drug-likeness (QED) is 0.416. The van der Waals surface area contributed by atoms with Gasteiger partial charge < -0.3 is 14.6 Å². The zero-order valence-corrected chi connectivity index (χ0v) is 19.6. The SMILES string of the molecule is C[C@@]1(F)[C@H](OCO)[C@@H](COP2(=O)OCC[C@@H](c3cccc(Cl)c3)O2)O[C@H]1n1ccc(=O)[nH]c1=O. The van der Waals surface area contributed by atoms with Gasteiger partial charge in [0.2, 0.25) is 0 Å². The third-order valence-electron chi connectivity index (χ3n) is 5.54. The summed E-state index contributed by atoms with van der Waals surface area (Å²) in [4.78, 5) is 25.6. The van der Waals surface area contributed by atoms with Gasteiger partial charge in [0.15, 0.2) is 11.9 Å². The van der Waals surface area contributed by atoms with Crippen LogP contribution in [0.25, 0.3) is 0 Å². The predicted octanol–water partition coefficient (Wildman–Crippen LogP) is 2.45. The number of aliphatic hydroxyl groups excluding tert-OH is 1. The molecule has 0 aliphatic carbocycles. The van der Waals surface area contributed by atoms with E-state index in [1.807, 2.05) is 4.98 Å². The molecular weight excluding hydrogens is 498 g/mol. The smallest absolute Gasteiger partial charge is 0.371 e. The summed E-state index contributed by atoms with van der Waals surface area (Å²) in [5.74, 6) is 0. The molecule has 14 heteroatoms. The number of hydrogen-bond donors (Lipinski definition) is 2. The van der Waals surface area contributed by atoms with Crippen LogP contribution in [-0.4, -0.2) is 52.5 Å². The van der Waals surface area contributed by atoms with E-state index in [1.165, 1.54) is 0 Å². The van der Waals surface area contributed by atoms with E-state index in [0.29, 0.717) is 17.0 Å². The van der Waals surface area contributed by atoms with Crippen LogP contribution in [0.3, 0.4) is 0 Å². The number of benzene rings is 1. The molecule has 34 heavy (non-hydrogen) atoms. The van der Waals surface area contributed by atoms with Crippen LogP contribution in [-0.2, 0) is 27.6 Å². The maximum absolute atomic E-state index is 15.7. The van der Waals surface area contributed by atoms with Gasteiger partial charge in [0.25, 0.3) is 5.56 Å². The van der Waals surface area contributed by atoms with Crippen molar-refractivity contribution in [3.63, 3.8) is 0 Å². The molecule has 0 bridgehead atoms. The maximum Gasteiger partial charge on any atom is 0.475 e. The zero-order chi connectivity index (χ0) is 24.5. The topological polar surface area (TPSA) is 138 Å². The molecule has 3 heterocycles. The third-order valence-corrected chi connectivity index (χ3v) is 7.25. The number of aromatic amines is 1. The third kappa shape index (κ3) is 5.19. The lowest BCUT2D eigenvalue weighted by atomic mass is 9.98. The first kappa shape index (κ1) is 25.2. The van der Waals surface area contributed by atoms with Gasteiger partial charge in [-0.3, -0.25) is 27.9 Å². The van der Waals surface area contributed by atoms with Gasteiger partial charge in [-0.25, -0.2) is 13.8 Å². The highest BCUT2D eigenvalue weighted by Crippen LogP contribution is 2.57. The maximum atomic E-state index is 15.7. The Morgan fingerprint density at radius 3 is 2.88 bits per heavy atom. The first-order valence-corrected chi connectivity index (χ1v) is 12.2. The number of rotatable bonds is 7. The first-order chi connectivity index (χ1) is 16.1. The van der Waals surface area contributed by atoms with Crippen molar-refractivity contribution in [2.75, 3.05) is 20.0 Å². The van der Waals surface area contributed by atoms with E-state index < -0.39 is 62.7 Å². The summed E-state index contributed by atoms with van der Waals surface area (Å²) < 4.78 is 56.7. The molecule has 1 unspecified atom stereocenters. The number of aromatic nitrogens is 2. The zero-order valence-electron chi connectivity index (χ0n) is 18.0. The predicted molar refractivity (Wildman–Crippen MR) is 116 cm³/mol. The second kappa shape index (κ2) is 10.00. The van der Waals surface area contributed by atoms with Crippen molar-refractivity contribution in [2.45, 2.75) is 43.6 Å². The number of aliphatic hydroxyl groups is 1. The monoisotopic (exact) mass is 520 g/mol. The van der Waals surface area contributed by atoms with Gasteiger partial charge in [-0.2, -0.15) is 0 Å². The molecule has 2 N–H and O–H groups in total. The Labute approximate surface area is 197 Å². The standard InChI is InChI=1S/C20H23ClFN2O9P/c1-20(22)17(29-11-25)15(32-18(20)24-7-5-16(26)23-19(24)27)10-31-34(28)30-8-6-14(33-34)12-3-2-4-13(21)9-12/h2-5,7,9,14-15,17-18,25H,6,8,10-11H2,1H3,(H,23,26,27)/t14-,15+,17+,18+,20+,34?/m0/s1. The number of nitrogens with one attached hydrogen (secondary N) is 1. The van der Waals surface area contributed by atoms with Gasteiger partial charge >= 0.3 is 13.5 Å². The highest BCUT2D eigenvalue weighted by molar-refractivity contribution is 7.48. The van der Waals surface area contributed by atoms with Crippen molar-refractivity contribution in [1.29, 1.82) is 0 Å². The van der Waals surface area contributed by atoms with Crippen molar-refractivity contribution in [3.05, 3.63) is 68.0 Å². The van der Waals surface area contributed by atoms with Crippen LogP contribution in [0.15, 0.2) is 46.1 Å². The van der Waals surface area contributed by atoms with Gasteiger partial charge in [-0.05, 0) is 24.6 Å². The number of phosphoric ester groups is 1. The van der Waals surface area contributed by atoms with Crippen LogP contribution in [0.2, 0.25) is 5.02 Å². The van der Waals surface area contributed by atoms with Gasteiger partial charge in [0.05, 0.1) is 19.3 Å². The molecule has 4 rings (SSSR count). The summed E-state index contributed by atoms with van der Waals surface area (Å²) in [5, 5.41) is 9.74. The van der Waals surface area contributed by atoms with Crippen LogP contribution in [0.1, 0.15) is 31.2 Å². The molecule has 2 aliphatic heterocycles. The lowest BCUT2D eigenvalue weighted by molar-refractivity contribution is -0.115. The molecule has 11 nitrogen and oxygen atoms in total. The number of H-pyrrole nitrogens is 1. The molecule has 2 aliphatic rings. The molecule has 186 valence electrons. The van der Waals surface area contributed by atoms with Crippen LogP contribution in [0.4, 0.5) is 4.39 Å². The first-order valence-electron chi connectivity index (χ1n) is 10.3. The number of ether oxygens (including phenoxy) is 2. The molecular formula is C20H23ClFN2O9P. The Morgan fingerprint density at radius 1 is 1.38 bits per heavy atom. The molecule has 0 spiro atoms. The Bertz CT molecular complexity index is 1190. The number of hydrogen-bond acceptors (Lipinski definition) is 9. The fourth-order valence-corrected chi connectivity index (χ4v) is 5.57. The summed E-state index contributed by atoms with van der Waals surface area (Å²) in [6, 6.07) is 7.89. The Hall–Kier alpha value is -1.89. The van der Waals surface area contributed by atoms with E-state index in [2.05, 4.69) is 0 Å². The molecule has 2 fully saturated rings. The Balaban J connectivity index is 1.51. The minimum absolute atomic E-state index is 0.0762. The largest absolute Gasteiger partial charge is 0.475 e. The summed E-state index contributed by atoms with van der Waals surface area (Å²) >= 11 is 6.02. The van der Waals surface area contributed by atoms with E-state index in [1.54, 1.807) is 24.3 Å². The van der Waals surface area contributed by atoms with Crippen molar-refractivity contribution >= 4 is 19.4 Å². The highest BCUT2D eigenvalue weighted by Gasteiger charge is 2.57. The highest BCUT2D eigenvalue weighted by atomic mass is 35.5. The van der Waals surface area contributed by atoms with E-state index in [4.69, 9.17) is 34.6 Å². The molecule has 0 radical (unpaired) electrons. The van der Waals surface area contributed by atoms with Crippen LogP contribution in [0.5, 0.6) is 0 Å². The lowest BCUT2D eigenvalue weighted by Gasteiger charge is -2.30. The molecule has 0 amide bonds. The Morgan fingerprint density at radius 2 is 2.18 bits per heavy atom. The molecule has 2 saturated heterocycles. The number of halogens is 2. The second-order valence-electron chi connectivity index (χ2n) is 7.93. The van der Waals surface area contributed by atoms with Crippen molar-refractivity contribution in [3.8, 4) is 0 Å². The average Bonchev–Trinajstić information content (AvgIpc) is 3.03. The second-order valence-corrected chi connectivity index (χ2v) is 9.98. The molecule has 1 aromatic carbocycles. The van der Waals surface area contributed by atoms with E-state index >= 15 is 4.39 Å². The van der Waals surface area contributed by atoms with Crippen LogP contribution in [0, 0.1) is 0 Å². The van der Waals surface area contributed by atoms with Gasteiger partial charge in [-0.15, -0.1) is 0 Å². The average molecular weight is 521 g/mol. The number of nitrogens with zero attached hydrogens (tertiary/aromatic N) is 1. The summed E-state index contributed by atoms with van der Waals surface area (Å²) in [5.41, 5.74) is -3.22. The lowest BCUT2D eigenvalue weighted by Crippen LogP contribution is -2.45. The fraction of sp³-hybridized carbons (Fsp3) is 0.500. The summed E-state index contributed by atoms with van der Waals surface area (Å²) in [6.07, 6.45) is -3.28. The Kier molecular flexibility index (Phi) is 7.41.